The van der Waals surface area contributed by atoms with Gasteiger partial charge in [-0.15, -0.1) is 22.7 Å². The topological polar surface area (TPSA) is 50.2 Å². The van der Waals surface area contributed by atoms with Crippen LogP contribution in [0.1, 0.15) is 46.0 Å². The summed E-state index contributed by atoms with van der Waals surface area (Å²) in [5.41, 5.74) is 1.95. The molecule has 1 fully saturated rings. The van der Waals surface area contributed by atoms with Crippen LogP contribution in [0, 0.1) is 6.92 Å². The Morgan fingerprint density at radius 2 is 1.90 bits per heavy atom. The molecule has 1 amide bonds. The molecular weight excluding hydrogens is 424 g/mol. The van der Waals surface area contributed by atoms with Gasteiger partial charge in [0, 0.05) is 16.3 Å². The number of benzene rings is 1. The maximum absolute atomic E-state index is 13.2. The van der Waals surface area contributed by atoms with E-state index in [4.69, 9.17) is 0 Å². The van der Waals surface area contributed by atoms with Crippen molar-refractivity contribution in [3.8, 4) is 5.69 Å². The molecule has 31 heavy (non-hydrogen) atoms. The second-order valence-electron chi connectivity index (χ2n) is 8.13. The van der Waals surface area contributed by atoms with Crippen molar-refractivity contribution in [2.45, 2.75) is 38.8 Å². The molecule has 0 aliphatic carbocycles. The van der Waals surface area contributed by atoms with Crippen LogP contribution >= 0.6 is 22.7 Å². The number of hydrogen-bond acceptors (Lipinski definition) is 5. The fourth-order valence-electron chi connectivity index (χ4n) is 4.48. The van der Waals surface area contributed by atoms with Gasteiger partial charge in [0.15, 0.2) is 0 Å². The standard InChI is InChI=1S/C24H26N4OS2/c1-16-19-15-21(31-24(19)28(26-16)18-9-4-3-5-10-18)23(29)25-17(2)22(20-11-8-14-30-20)27-12-6-7-13-27/h3-5,8-11,14-15,17,22H,6-7,12-13H2,1-2H3,(H,25,29)/t17-,22+/m1/s1. The first-order valence-corrected chi connectivity index (χ1v) is 12.4. The molecule has 0 spiro atoms. The third kappa shape index (κ3) is 3.93. The smallest absolute Gasteiger partial charge is 0.261 e. The van der Waals surface area contributed by atoms with Crippen LogP contribution in [0.15, 0.2) is 53.9 Å². The van der Waals surface area contributed by atoms with Gasteiger partial charge in [-0.3, -0.25) is 9.69 Å². The van der Waals surface area contributed by atoms with Crippen molar-refractivity contribution in [1.82, 2.24) is 20.0 Å². The Balaban J connectivity index is 1.41. The third-order valence-corrected chi connectivity index (χ3v) is 8.02. The Labute approximate surface area is 190 Å². The van der Waals surface area contributed by atoms with Crippen LogP contribution in [0.5, 0.6) is 0 Å². The summed E-state index contributed by atoms with van der Waals surface area (Å²) >= 11 is 3.28. The van der Waals surface area contributed by atoms with Gasteiger partial charge in [0.25, 0.3) is 5.91 Å². The van der Waals surface area contributed by atoms with Crippen molar-refractivity contribution < 1.29 is 4.79 Å². The van der Waals surface area contributed by atoms with E-state index in [9.17, 15) is 4.79 Å². The van der Waals surface area contributed by atoms with Crippen LogP contribution in [0.4, 0.5) is 0 Å². The molecule has 7 heteroatoms. The van der Waals surface area contributed by atoms with E-state index in [1.54, 1.807) is 11.3 Å². The van der Waals surface area contributed by atoms with Gasteiger partial charge < -0.3 is 5.32 Å². The summed E-state index contributed by atoms with van der Waals surface area (Å²) in [5, 5.41) is 11.1. The van der Waals surface area contributed by atoms with Crippen molar-refractivity contribution in [1.29, 1.82) is 0 Å². The summed E-state index contributed by atoms with van der Waals surface area (Å²) in [6, 6.07) is 16.6. The van der Waals surface area contributed by atoms with Gasteiger partial charge in [0.2, 0.25) is 0 Å². The van der Waals surface area contributed by atoms with Crippen LogP contribution in [0.3, 0.4) is 0 Å². The van der Waals surface area contributed by atoms with E-state index in [1.807, 2.05) is 48.0 Å². The molecule has 1 aliphatic rings. The minimum absolute atomic E-state index is 0.00605. The van der Waals surface area contributed by atoms with E-state index < -0.39 is 0 Å². The Morgan fingerprint density at radius 1 is 1.13 bits per heavy atom. The highest BCUT2D eigenvalue weighted by Crippen LogP contribution is 2.33. The van der Waals surface area contributed by atoms with E-state index in [-0.39, 0.29) is 18.0 Å². The lowest BCUT2D eigenvalue weighted by Crippen LogP contribution is -2.43. The molecular formula is C24H26N4OS2. The quantitative estimate of drug-likeness (QED) is 0.427. The summed E-state index contributed by atoms with van der Waals surface area (Å²) in [7, 11) is 0. The van der Waals surface area contributed by atoms with Crippen molar-refractivity contribution in [3.05, 3.63) is 69.4 Å². The lowest BCUT2D eigenvalue weighted by atomic mass is 10.1. The van der Waals surface area contributed by atoms with Gasteiger partial charge in [0.1, 0.15) is 4.83 Å². The summed E-state index contributed by atoms with van der Waals surface area (Å²) in [6.45, 7) is 6.32. The number of nitrogens with one attached hydrogen (secondary N) is 1. The van der Waals surface area contributed by atoms with Crippen LogP contribution in [0.25, 0.3) is 15.9 Å². The second kappa shape index (κ2) is 8.57. The van der Waals surface area contributed by atoms with Crippen LogP contribution in [-0.4, -0.2) is 39.7 Å². The average molecular weight is 451 g/mol. The van der Waals surface area contributed by atoms with Gasteiger partial charge in [-0.25, -0.2) is 4.68 Å². The highest BCUT2D eigenvalue weighted by Gasteiger charge is 2.30. The highest BCUT2D eigenvalue weighted by atomic mass is 32.1. The van der Waals surface area contributed by atoms with Crippen molar-refractivity contribution in [2.24, 2.45) is 0 Å². The van der Waals surface area contributed by atoms with Gasteiger partial charge in [-0.2, -0.15) is 5.10 Å². The number of aryl methyl sites for hydroxylation is 1. The molecule has 0 bridgehead atoms. The molecule has 3 aromatic heterocycles. The zero-order chi connectivity index (χ0) is 21.4. The van der Waals surface area contributed by atoms with Gasteiger partial charge >= 0.3 is 0 Å². The fraction of sp³-hybridized carbons (Fsp3) is 0.333. The SMILES string of the molecule is Cc1nn(-c2ccccc2)c2sc(C(=O)N[C@H](C)[C@@H](c3cccs3)N3CCCC3)cc12. The van der Waals surface area contributed by atoms with Gasteiger partial charge in [-0.1, -0.05) is 24.3 Å². The Kier molecular flexibility index (Phi) is 5.65. The largest absolute Gasteiger partial charge is 0.347 e. The molecule has 0 radical (unpaired) electrons. The van der Waals surface area contributed by atoms with Crippen LogP contribution < -0.4 is 5.32 Å². The molecule has 1 aliphatic heterocycles. The van der Waals surface area contributed by atoms with Gasteiger partial charge in [-0.05, 0) is 69.4 Å². The van der Waals surface area contributed by atoms with E-state index in [2.05, 4.69) is 39.8 Å². The van der Waals surface area contributed by atoms with E-state index in [0.29, 0.717) is 0 Å². The number of carbonyl (C=O) groups excluding carboxylic acids is 1. The highest BCUT2D eigenvalue weighted by molar-refractivity contribution is 7.20. The number of fused-ring (bicyclic) bond motifs is 1. The number of hydrogen-bond donors (Lipinski definition) is 1. The van der Waals surface area contributed by atoms with E-state index >= 15 is 0 Å². The monoisotopic (exact) mass is 450 g/mol. The molecule has 0 unspecified atom stereocenters. The second-order valence-corrected chi connectivity index (χ2v) is 10.1. The van der Waals surface area contributed by atoms with E-state index in [0.717, 1.165) is 39.6 Å². The Hall–Kier alpha value is -2.48. The molecule has 4 aromatic rings. The first-order valence-electron chi connectivity index (χ1n) is 10.7. The number of para-hydroxylation sites is 1. The van der Waals surface area contributed by atoms with Crippen molar-refractivity contribution in [2.75, 3.05) is 13.1 Å². The molecule has 2 atom stereocenters. The van der Waals surface area contributed by atoms with Gasteiger partial charge in [0.05, 0.1) is 22.3 Å². The first-order chi connectivity index (χ1) is 15.1. The molecule has 5 nitrogen and oxygen atoms in total. The number of carbonyl (C=O) groups is 1. The van der Waals surface area contributed by atoms with Crippen LogP contribution in [-0.2, 0) is 0 Å². The summed E-state index contributed by atoms with van der Waals surface area (Å²) in [6.07, 6.45) is 2.46. The predicted octanol–water partition coefficient (Wildman–Crippen LogP) is 5.41. The van der Waals surface area contributed by atoms with Crippen molar-refractivity contribution in [3.63, 3.8) is 0 Å². The third-order valence-electron chi connectivity index (χ3n) is 5.97. The molecule has 4 heterocycles. The maximum Gasteiger partial charge on any atom is 0.261 e. The van der Waals surface area contributed by atoms with Crippen LogP contribution in [0.2, 0.25) is 0 Å². The molecule has 160 valence electrons. The zero-order valence-corrected chi connectivity index (χ0v) is 19.4. The predicted molar refractivity (Wildman–Crippen MR) is 128 cm³/mol. The molecule has 0 saturated carbocycles. The number of nitrogens with zero attached hydrogens (tertiary/aromatic N) is 3. The molecule has 1 N–H and O–H groups in total. The lowest BCUT2D eigenvalue weighted by Gasteiger charge is -2.32. The molecule has 1 saturated heterocycles. The average Bonchev–Trinajstić information content (AvgIpc) is 3.56. The number of likely N-dealkylation sites (tertiary alicyclic amines) is 1. The van der Waals surface area contributed by atoms with E-state index in [1.165, 1.54) is 29.1 Å². The number of aromatic nitrogens is 2. The Morgan fingerprint density at radius 3 is 2.61 bits per heavy atom. The lowest BCUT2D eigenvalue weighted by molar-refractivity contribution is 0.0912. The summed E-state index contributed by atoms with van der Waals surface area (Å²) in [5.74, 6) is -0.00605. The Bertz CT molecular complexity index is 1170. The minimum Gasteiger partial charge on any atom is -0.347 e. The molecule has 5 rings (SSSR count). The maximum atomic E-state index is 13.2. The minimum atomic E-state index is -0.00605. The number of rotatable bonds is 6. The van der Waals surface area contributed by atoms with Crippen molar-refractivity contribution >= 4 is 38.8 Å². The summed E-state index contributed by atoms with van der Waals surface area (Å²) in [4.78, 5) is 18.8. The number of amides is 1. The normalized spacial score (nSPS) is 16.6. The summed E-state index contributed by atoms with van der Waals surface area (Å²) < 4.78 is 1.94. The zero-order valence-electron chi connectivity index (χ0n) is 17.7. The number of thiophene rings is 2. The first kappa shape index (κ1) is 20.4. The fourth-order valence-corrected chi connectivity index (χ4v) is 6.53. The molecule has 1 aromatic carbocycles.